The Kier molecular flexibility index (Phi) is 4.51. The van der Waals surface area contributed by atoms with Gasteiger partial charge in [-0.3, -0.25) is 0 Å². The van der Waals surface area contributed by atoms with Crippen LogP contribution in [0.3, 0.4) is 0 Å². The van der Waals surface area contributed by atoms with Gasteiger partial charge >= 0.3 is 0 Å². The molecule has 0 aliphatic heterocycles. The first-order valence-corrected chi connectivity index (χ1v) is 7.46. The highest BCUT2D eigenvalue weighted by atomic mass is 16.5. The van der Waals surface area contributed by atoms with Crippen LogP contribution in [0.5, 0.6) is 5.75 Å². The summed E-state index contributed by atoms with van der Waals surface area (Å²) in [6, 6.07) is 8.54. The summed E-state index contributed by atoms with van der Waals surface area (Å²) in [4.78, 5) is 0. The van der Waals surface area contributed by atoms with Crippen molar-refractivity contribution in [2.24, 2.45) is 11.7 Å². The quantitative estimate of drug-likeness (QED) is 0.896. The zero-order valence-corrected chi connectivity index (χ0v) is 12.5. The molecule has 2 N–H and O–H groups in total. The Hall–Kier alpha value is -1.02. The molecule has 0 saturated heterocycles. The first-order valence-electron chi connectivity index (χ1n) is 7.46. The molecule has 19 heavy (non-hydrogen) atoms. The van der Waals surface area contributed by atoms with E-state index in [2.05, 4.69) is 45.0 Å². The highest BCUT2D eigenvalue weighted by Crippen LogP contribution is 2.29. The molecule has 0 spiro atoms. The minimum Gasteiger partial charge on any atom is -0.490 e. The topological polar surface area (TPSA) is 35.2 Å². The summed E-state index contributed by atoms with van der Waals surface area (Å²) >= 11 is 0. The molecule has 106 valence electrons. The van der Waals surface area contributed by atoms with Gasteiger partial charge in [0.05, 0.1) is 6.10 Å². The number of ether oxygens (including phenoxy) is 1. The maximum absolute atomic E-state index is 6.14. The van der Waals surface area contributed by atoms with Crippen LogP contribution in [0.4, 0.5) is 0 Å². The summed E-state index contributed by atoms with van der Waals surface area (Å²) in [7, 11) is 0. The third kappa shape index (κ3) is 3.97. The Morgan fingerprint density at radius 1 is 1.16 bits per heavy atom. The molecule has 2 heteroatoms. The van der Waals surface area contributed by atoms with Crippen molar-refractivity contribution in [1.29, 1.82) is 0 Å². The van der Waals surface area contributed by atoms with Gasteiger partial charge in [-0.05, 0) is 61.3 Å². The van der Waals surface area contributed by atoms with Crippen molar-refractivity contribution in [1.82, 2.24) is 0 Å². The van der Waals surface area contributed by atoms with Crippen LogP contribution in [-0.2, 0) is 5.41 Å². The molecular weight excluding hydrogens is 234 g/mol. The standard InChI is InChI=1S/C17H27NO/c1-17(2,3)14-5-4-6-16(11-14)19-15-9-7-13(12-18)8-10-15/h4-6,11,13,15H,7-10,12,18H2,1-3H3. The predicted octanol–water partition coefficient (Wildman–Crippen LogP) is 3.88. The smallest absolute Gasteiger partial charge is 0.120 e. The van der Waals surface area contributed by atoms with E-state index >= 15 is 0 Å². The van der Waals surface area contributed by atoms with Crippen molar-refractivity contribution in [3.63, 3.8) is 0 Å². The zero-order chi connectivity index (χ0) is 13.9. The third-order valence-electron chi connectivity index (χ3n) is 4.13. The Morgan fingerprint density at radius 3 is 2.42 bits per heavy atom. The molecule has 0 unspecified atom stereocenters. The summed E-state index contributed by atoms with van der Waals surface area (Å²) in [6.07, 6.45) is 5.07. The second kappa shape index (κ2) is 5.96. The van der Waals surface area contributed by atoms with Gasteiger partial charge in [0.1, 0.15) is 5.75 Å². The van der Waals surface area contributed by atoms with Gasteiger partial charge in [-0.25, -0.2) is 0 Å². The highest BCUT2D eigenvalue weighted by Gasteiger charge is 2.22. The number of hydrogen-bond donors (Lipinski definition) is 1. The van der Waals surface area contributed by atoms with E-state index in [1.54, 1.807) is 0 Å². The third-order valence-corrected chi connectivity index (χ3v) is 4.13. The van der Waals surface area contributed by atoms with Gasteiger partial charge in [-0.15, -0.1) is 0 Å². The summed E-state index contributed by atoms with van der Waals surface area (Å²) in [5.41, 5.74) is 7.24. The predicted molar refractivity (Wildman–Crippen MR) is 80.6 cm³/mol. The number of benzene rings is 1. The normalized spacial score (nSPS) is 24.2. The fraction of sp³-hybridized carbons (Fsp3) is 0.647. The molecule has 0 amide bonds. The van der Waals surface area contributed by atoms with Crippen molar-refractivity contribution in [3.05, 3.63) is 29.8 Å². The van der Waals surface area contributed by atoms with Crippen LogP contribution in [-0.4, -0.2) is 12.6 Å². The summed E-state index contributed by atoms with van der Waals surface area (Å²) < 4.78 is 6.14. The van der Waals surface area contributed by atoms with Crippen LogP contribution in [0.2, 0.25) is 0 Å². The van der Waals surface area contributed by atoms with Gasteiger partial charge in [0.25, 0.3) is 0 Å². The molecule has 2 rings (SSSR count). The lowest BCUT2D eigenvalue weighted by Gasteiger charge is -2.28. The van der Waals surface area contributed by atoms with Crippen molar-refractivity contribution in [2.75, 3.05) is 6.54 Å². The first kappa shape index (κ1) is 14.4. The van der Waals surface area contributed by atoms with Crippen molar-refractivity contribution in [3.8, 4) is 5.75 Å². The van der Waals surface area contributed by atoms with E-state index in [0.717, 1.165) is 25.1 Å². The second-order valence-corrected chi connectivity index (χ2v) is 6.77. The molecule has 0 bridgehead atoms. The van der Waals surface area contributed by atoms with Crippen molar-refractivity contribution >= 4 is 0 Å². The van der Waals surface area contributed by atoms with Gasteiger partial charge in [0, 0.05) is 0 Å². The lowest BCUT2D eigenvalue weighted by molar-refractivity contribution is 0.133. The van der Waals surface area contributed by atoms with E-state index in [1.165, 1.54) is 18.4 Å². The van der Waals surface area contributed by atoms with Gasteiger partial charge < -0.3 is 10.5 Å². The van der Waals surface area contributed by atoms with E-state index in [1.807, 2.05) is 0 Å². The van der Waals surface area contributed by atoms with Crippen LogP contribution >= 0.6 is 0 Å². The summed E-state index contributed by atoms with van der Waals surface area (Å²) in [5.74, 6) is 1.73. The minimum absolute atomic E-state index is 0.177. The van der Waals surface area contributed by atoms with Crippen LogP contribution < -0.4 is 10.5 Å². The fourth-order valence-corrected chi connectivity index (χ4v) is 2.71. The fourth-order valence-electron chi connectivity index (χ4n) is 2.71. The monoisotopic (exact) mass is 261 g/mol. The molecule has 0 radical (unpaired) electrons. The average molecular weight is 261 g/mol. The Bertz CT molecular complexity index is 400. The minimum atomic E-state index is 0.177. The highest BCUT2D eigenvalue weighted by molar-refractivity contribution is 5.32. The van der Waals surface area contributed by atoms with E-state index in [9.17, 15) is 0 Å². The Balaban J connectivity index is 1.97. The van der Waals surface area contributed by atoms with Gasteiger partial charge in [-0.2, -0.15) is 0 Å². The number of nitrogens with two attached hydrogens (primary N) is 1. The van der Waals surface area contributed by atoms with Crippen molar-refractivity contribution in [2.45, 2.75) is 58.0 Å². The second-order valence-electron chi connectivity index (χ2n) is 6.77. The number of rotatable bonds is 3. The van der Waals surface area contributed by atoms with Crippen molar-refractivity contribution < 1.29 is 4.74 Å². The first-order chi connectivity index (χ1) is 8.99. The largest absolute Gasteiger partial charge is 0.490 e. The molecule has 1 aliphatic carbocycles. The average Bonchev–Trinajstić information content (AvgIpc) is 2.39. The molecule has 1 fully saturated rings. The van der Waals surface area contributed by atoms with E-state index in [4.69, 9.17) is 10.5 Å². The van der Waals surface area contributed by atoms with E-state index in [0.29, 0.717) is 12.0 Å². The summed E-state index contributed by atoms with van der Waals surface area (Å²) in [5, 5.41) is 0. The SMILES string of the molecule is CC(C)(C)c1cccc(OC2CCC(CN)CC2)c1. The van der Waals surface area contributed by atoms with Gasteiger partial charge in [-0.1, -0.05) is 32.9 Å². The molecule has 0 atom stereocenters. The van der Waals surface area contributed by atoms with E-state index < -0.39 is 0 Å². The Morgan fingerprint density at radius 2 is 1.84 bits per heavy atom. The maximum atomic E-state index is 6.14. The molecule has 1 aliphatic rings. The molecule has 1 aromatic carbocycles. The van der Waals surface area contributed by atoms with Gasteiger partial charge in [0.2, 0.25) is 0 Å². The summed E-state index contributed by atoms with van der Waals surface area (Å²) in [6.45, 7) is 7.53. The van der Waals surface area contributed by atoms with Gasteiger partial charge in [0.15, 0.2) is 0 Å². The number of hydrogen-bond acceptors (Lipinski definition) is 2. The maximum Gasteiger partial charge on any atom is 0.120 e. The molecule has 1 saturated carbocycles. The Labute approximate surface area is 117 Å². The molecule has 2 nitrogen and oxygen atoms in total. The van der Waals surface area contributed by atoms with Crippen LogP contribution in [0, 0.1) is 5.92 Å². The van der Waals surface area contributed by atoms with Crippen LogP contribution in [0.1, 0.15) is 52.0 Å². The lowest BCUT2D eigenvalue weighted by Crippen LogP contribution is -2.27. The van der Waals surface area contributed by atoms with E-state index in [-0.39, 0.29) is 5.41 Å². The molecule has 0 heterocycles. The molecular formula is C17H27NO. The lowest BCUT2D eigenvalue weighted by atomic mass is 9.86. The van der Waals surface area contributed by atoms with Crippen LogP contribution in [0.25, 0.3) is 0 Å². The zero-order valence-electron chi connectivity index (χ0n) is 12.5. The molecule has 0 aromatic heterocycles. The van der Waals surface area contributed by atoms with Crippen LogP contribution in [0.15, 0.2) is 24.3 Å². The molecule has 1 aromatic rings.